The van der Waals surface area contributed by atoms with Crippen LogP contribution in [-0.4, -0.2) is 18.9 Å². The van der Waals surface area contributed by atoms with Crippen LogP contribution >= 0.6 is 0 Å². The van der Waals surface area contributed by atoms with Crippen LogP contribution < -0.4 is 0 Å². The lowest BCUT2D eigenvalue weighted by Crippen LogP contribution is -2.03. The molecule has 4 heteroatoms. The third kappa shape index (κ3) is 38.9. The van der Waals surface area contributed by atoms with E-state index in [1.165, 1.54) is 6.92 Å². The standard InChI is InChI=1S/C7H14O2.C3H6O.C2H3N/c1-3-5-7(8)9-6-4-2;1-2-3-4;1-2-3/h3-6H2,1-2H3;3H,2H2,1H3;1H3. The number of carbonyl (C=O) groups excluding carboxylic acids is 2. The molecule has 0 aliphatic carbocycles. The van der Waals surface area contributed by atoms with E-state index in [1.54, 1.807) is 6.07 Å². The molecule has 0 aromatic carbocycles. The van der Waals surface area contributed by atoms with Crippen LogP contribution in [0.5, 0.6) is 0 Å². The van der Waals surface area contributed by atoms with E-state index in [0.29, 0.717) is 19.4 Å². The quantitative estimate of drug-likeness (QED) is 0.537. The van der Waals surface area contributed by atoms with Crippen molar-refractivity contribution in [2.45, 2.75) is 53.4 Å². The van der Waals surface area contributed by atoms with E-state index < -0.39 is 0 Å². The zero-order chi connectivity index (χ0) is 13.2. The molecule has 0 aliphatic rings. The summed E-state index contributed by atoms with van der Waals surface area (Å²) < 4.78 is 4.79. The number of nitriles is 1. The van der Waals surface area contributed by atoms with Crippen molar-refractivity contribution in [3.05, 3.63) is 0 Å². The van der Waals surface area contributed by atoms with E-state index in [0.717, 1.165) is 19.1 Å². The number of carbonyl (C=O) groups is 2. The largest absolute Gasteiger partial charge is 0.466 e. The summed E-state index contributed by atoms with van der Waals surface area (Å²) in [5, 5.41) is 7.32. The minimum absolute atomic E-state index is 0.0700. The molecular formula is C12H23NO3. The Kier molecular flexibility index (Phi) is 29.4. The lowest BCUT2D eigenvalue weighted by molar-refractivity contribution is -0.143. The number of hydrogen-bond donors (Lipinski definition) is 0. The average molecular weight is 229 g/mol. The number of aldehydes is 1. The molecule has 0 unspecified atom stereocenters. The minimum atomic E-state index is -0.0700. The maximum Gasteiger partial charge on any atom is 0.305 e. The second-order valence-corrected chi connectivity index (χ2v) is 2.77. The molecule has 16 heavy (non-hydrogen) atoms. The van der Waals surface area contributed by atoms with Gasteiger partial charge in [0.25, 0.3) is 0 Å². The molecule has 0 amide bonds. The first kappa shape index (κ1) is 20.1. The van der Waals surface area contributed by atoms with Crippen molar-refractivity contribution in [2.24, 2.45) is 0 Å². The van der Waals surface area contributed by atoms with Crippen LogP contribution in [-0.2, 0) is 14.3 Å². The Balaban J connectivity index is -0.000000201. The second kappa shape index (κ2) is 23.4. The fourth-order valence-corrected chi connectivity index (χ4v) is 0.492. The van der Waals surface area contributed by atoms with Crippen LogP contribution in [0.3, 0.4) is 0 Å². The number of rotatable bonds is 5. The van der Waals surface area contributed by atoms with Crippen molar-refractivity contribution in [2.75, 3.05) is 6.61 Å². The molecule has 0 heterocycles. The van der Waals surface area contributed by atoms with Crippen molar-refractivity contribution in [1.82, 2.24) is 0 Å². The van der Waals surface area contributed by atoms with Gasteiger partial charge in [-0.3, -0.25) is 4.79 Å². The van der Waals surface area contributed by atoms with Gasteiger partial charge >= 0.3 is 5.97 Å². The highest BCUT2D eigenvalue weighted by molar-refractivity contribution is 5.69. The predicted molar refractivity (Wildman–Crippen MR) is 63.8 cm³/mol. The lowest BCUT2D eigenvalue weighted by atomic mass is 10.3. The molecule has 0 fully saturated rings. The fourth-order valence-electron chi connectivity index (χ4n) is 0.492. The van der Waals surface area contributed by atoms with Gasteiger partial charge in [-0.1, -0.05) is 20.8 Å². The normalized spacial score (nSPS) is 7.19. The predicted octanol–water partition coefficient (Wildman–Crippen LogP) is 2.86. The van der Waals surface area contributed by atoms with E-state index in [1.807, 2.05) is 20.8 Å². The molecule has 0 saturated heterocycles. The summed E-state index contributed by atoms with van der Waals surface area (Å²) in [6, 6.07) is 1.75. The van der Waals surface area contributed by atoms with E-state index in [4.69, 9.17) is 10.00 Å². The van der Waals surface area contributed by atoms with Gasteiger partial charge in [0.05, 0.1) is 12.7 Å². The molecule has 0 rings (SSSR count). The number of hydrogen-bond acceptors (Lipinski definition) is 4. The van der Waals surface area contributed by atoms with Crippen LogP contribution in [0.4, 0.5) is 0 Å². The van der Waals surface area contributed by atoms with E-state index in [-0.39, 0.29) is 5.97 Å². The van der Waals surface area contributed by atoms with Crippen molar-refractivity contribution in [3.8, 4) is 6.07 Å². The summed E-state index contributed by atoms with van der Waals surface area (Å²) in [7, 11) is 0. The van der Waals surface area contributed by atoms with E-state index >= 15 is 0 Å². The van der Waals surface area contributed by atoms with Crippen molar-refractivity contribution < 1.29 is 14.3 Å². The molecule has 0 spiro atoms. The summed E-state index contributed by atoms with van der Waals surface area (Å²) in [4.78, 5) is 19.8. The van der Waals surface area contributed by atoms with Gasteiger partial charge in [0.2, 0.25) is 0 Å². The monoisotopic (exact) mass is 229 g/mol. The van der Waals surface area contributed by atoms with Gasteiger partial charge in [-0.15, -0.1) is 0 Å². The highest BCUT2D eigenvalue weighted by Crippen LogP contribution is 1.91. The van der Waals surface area contributed by atoms with Gasteiger partial charge < -0.3 is 9.53 Å². The lowest BCUT2D eigenvalue weighted by Gasteiger charge is -1.99. The maximum atomic E-state index is 10.6. The molecule has 94 valence electrons. The SMILES string of the molecule is CC#N.CCC=O.CCCOC(=O)CCC. The number of ether oxygens (including phenoxy) is 1. The molecule has 0 radical (unpaired) electrons. The molecular weight excluding hydrogens is 206 g/mol. The minimum Gasteiger partial charge on any atom is -0.466 e. The van der Waals surface area contributed by atoms with Gasteiger partial charge in [-0.25, -0.2) is 0 Å². The molecule has 0 aromatic heterocycles. The number of esters is 1. The van der Waals surface area contributed by atoms with Gasteiger partial charge in [0.1, 0.15) is 6.29 Å². The van der Waals surface area contributed by atoms with Crippen molar-refractivity contribution in [3.63, 3.8) is 0 Å². The molecule has 4 nitrogen and oxygen atoms in total. The Morgan fingerprint density at radius 3 is 2.00 bits per heavy atom. The zero-order valence-electron chi connectivity index (χ0n) is 10.8. The fraction of sp³-hybridized carbons (Fsp3) is 0.750. The Hall–Kier alpha value is -1.37. The molecule has 0 saturated carbocycles. The summed E-state index contributed by atoms with van der Waals surface area (Å²) in [6.07, 6.45) is 3.86. The van der Waals surface area contributed by atoms with Crippen LogP contribution in [0.15, 0.2) is 0 Å². The summed E-state index contributed by atoms with van der Waals surface area (Å²) >= 11 is 0. The maximum absolute atomic E-state index is 10.6. The first-order valence-corrected chi connectivity index (χ1v) is 5.54. The van der Waals surface area contributed by atoms with Crippen LogP contribution in [0, 0.1) is 11.3 Å². The first-order valence-electron chi connectivity index (χ1n) is 5.54. The highest BCUT2D eigenvalue weighted by atomic mass is 16.5. The summed E-state index contributed by atoms with van der Waals surface area (Å²) in [6.45, 7) is 7.76. The molecule has 0 aliphatic heterocycles. The van der Waals surface area contributed by atoms with Gasteiger partial charge in [-0.2, -0.15) is 5.26 Å². The third-order valence-corrected chi connectivity index (χ3v) is 1.09. The molecule has 0 aromatic rings. The van der Waals surface area contributed by atoms with Crippen LogP contribution in [0.25, 0.3) is 0 Å². The van der Waals surface area contributed by atoms with Crippen molar-refractivity contribution >= 4 is 12.3 Å². The average Bonchev–Trinajstić information content (AvgIpc) is 2.28. The topological polar surface area (TPSA) is 67.2 Å². The Bertz CT molecular complexity index is 185. The Morgan fingerprint density at radius 2 is 1.75 bits per heavy atom. The molecule has 0 N–H and O–H groups in total. The first-order chi connectivity index (χ1) is 7.64. The molecule has 0 bridgehead atoms. The van der Waals surface area contributed by atoms with Crippen LogP contribution in [0.2, 0.25) is 0 Å². The molecule has 0 atom stereocenters. The Morgan fingerprint density at radius 1 is 1.31 bits per heavy atom. The van der Waals surface area contributed by atoms with Gasteiger partial charge in [-0.05, 0) is 12.8 Å². The Labute approximate surface area is 98.6 Å². The highest BCUT2D eigenvalue weighted by Gasteiger charge is 1.96. The summed E-state index contributed by atoms with van der Waals surface area (Å²) in [5.41, 5.74) is 0. The number of nitrogens with zero attached hydrogens (tertiary/aromatic N) is 1. The smallest absolute Gasteiger partial charge is 0.305 e. The van der Waals surface area contributed by atoms with Crippen LogP contribution in [0.1, 0.15) is 53.4 Å². The van der Waals surface area contributed by atoms with E-state index in [2.05, 4.69) is 0 Å². The van der Waals surface area contributed by atoms with Crippen molar-refractivity contribution in [1.29, 1.82) is 5.26 Å². The van der Waals surface area contributed by atoms with Gasteiger partial charge in [0, 0.05) is 19.8 Å². The summed E-state index contributed by atoms with van der Waals surface area (Å²) in [5.74, 6) is -0.0700. The van der Waals surface area contributed by atoms with E-state index in [9.17, 15) is 9.59 Å². The third-order valence-electron chi connectivity index (χ3n) is 1.09. The second-order valence-electron chi connectivity index (χ2n) is 2.77. The zero-order valence-corrected chi connectivity index (χ0v) is 10.8. The van der Waals surface area contributed by atoms with Gasteiger partial charge in [0.15, 0.2) is 0 Å².